The fourth-order valence-electron chi connectivity index (χ4n) is 4.75. The van der Waals surface area contributed by atoms with Crippen LogP contribution >= 0.6 is 0 Å². The Morgan fingerprint density at radius 1 is 1.08 bits per heavy atom. The first kappa shape index (κ1) is 28.3. The number of fused-ring (bicyclic) bond motifs is 1. The Kier molecular flexibility index (Phi) is 8.36. The summed E-state index contributed by atoms with van der Waals surface area (Å²) in [5.74, 6) is -1.30. The Balaban J connectivity index is 1.60. The third-order valence-electron chi connectivity index (χ3n) is 7.00. The minimum absolute atomic E-state index is 0.0561. The summed E-state index contributed by atoms with van der Waals surface area (Å²) in [7, 11) is -3.76. The van der Waals surface area contributed by atoms with Gasteiger partial charge in [-0.2, -0.15) is 0 Å². The SMILES string of the molecule is CCN(CC)CCNC(=O)c1c(C)[nH]c(/C=C2\C(=O)Nc3ccc(S(=O)(=O)Cc4ccc(F)cc4)cc32)c1C. The first-order chi connectivity index (χ1) is 18.5. The molecule has 0 spiro atoms. The summed E-state index contributed by atoms with van der Waals surface area (Å²) in [6.45, 7) is 10.9. The quantitative estimate of drug-likeness (QED) is 0.325. The highest BCUT2D eigenvalue weighted by atomic mass is 32.2. The molecule has 0 radical (unpaired) electrons. The topological polar surface area (TPSA) is 111 Å². The Morgan fingerprint density at radius 2 is 1.77 bits per heavy atom. The lowest BCUT2D eigenvalue weighted by atomic mass is 10.0. The predicted octanol–water partition coefficient (Wildman–Crippen LogP) is 4.31. The summed E-state index contributed by atoms with van der Waals surface area (Å²) in [6, 6.07) is 9.80. The monoisotopic (exact) mass is 552 g/mol. The van der Waals surface area contributed by atoms with Gasteiger partial charge in [0, 0.05) is 35.7 Å². The Hall–Kier alpha value is -3.76. The number of hydrogen-bond acceptors (Lipinski definition) is 5. The average Bonchev–Trinajstić information content (AvgIpc) is 3.36. The Bertz CT molecular complexity index is 1540. The number of benzene rings is 2. The van der Waals surface area contributed by atoms with Gasteiger partial charge in [-0.15, -0.1) is 0 Å². The predicted molar refractivity (Wildman–Crippen MR) is 151 cm³/mol. The number of amides is 2. The smallest absolute Gasteiger partial charge is 0.256 e. The van der Waals surface area contributed by atoms with Gasteiger partial charge in [-0.05, 0) is 74.5 Å². The second kappa shape index (κ2) is 11.5. The number of halogens is 1. The van der Waals surface area contributed by atoms with Crippen molar-refractivity contribution in [3.63, 3.8) is 0 Å². The van der Waals surface area contributed by atoms with Gasteiger partial charge < -0.3 is 20.5 Å². The summed E-state index contributed by atoms with van der Waals surface area (Å²) in [4.78, 5) is 31.3. The summed E-state index contributed by atoms with van der Waals surface area (Å²) in [5.41, 5.74) is 4.20. The molecular weight excluding hydrogens is 519 g/mol. The second-order valence-corrected chi connectivity index (χ2v) is 11.5. The molecule has 8 nitrogen and oxygen atoms in total. The largest absolute Gasteiger partial charge is 0.358 e. The van der Waals surface area contributed by atoms with Gasteiger partial charge in [0.05, 0.1) is 21.8 Å². The molecular formula is C29H33FN4O4S. The van der Waals surface area contributed by atoms with E-state index in [4.69, 9.17) is 0 Å². The maximum atomic E-state index is 13.2. The number of aryl methyl sites for hydroxylation is 1. The van der Waals surface area contributed by atoms with E-state index < -0.39 is 15.7 Å². The van der Waals surface area contributed by atoms with Gasteiger partial charge in [0.25, 0.3) is 11.8 Å². The molecule has 10 heteroatoms. The molecule has 3 aromatic rings. The molecule has 0 saturated carbocycles. The van der Waals surface area contributed by atoms with E-state index in [1.54, 1.807) is 19.1 Å². The molecule has 0 aliphatic carbocycles. The number of nitrogens with one attached hydrogen (secondary N) is 3. The van der Waals surface area contributed by atoms with Crippen molar-refractivity contribution >= 4 is 39.0 Å². The van der Waals surface area contributed by atoms with Crippen LogP contribution in [0.15, 0.2) is 47.4 Å². The van der Waals surface area contributed by atoms with Crippen molar-refractivity contribution in [3.8, 4) is 0 Å². The zero-order valence-corrected chi connectivity index (χ0v) is 23.3. The lowest BCUT2D eigenvalue weighted by Gasteiger charge is -2.18. The summed E-state index contributed by atoms with van der Waals surface area (Å²) >= 11 is 0. The molecule has 0 saturated heterocycles. The van der Waals surface area contributed by atoms with Crippen LogP contribution in [0.25, 0.3) is 11.6 Å². The van der Waals surface area contributed by atoms with Crippen LogP contribution < -0.4 is 10.6 Å². The van der Waals surface area contributed by atoms with Gasteiger partial charge in [-0.25, -0.2) is 12.8 Å². The van der Waals surface area contributed by atoms with Crippen molar-refractivity contribution in [1.29, 1.82) is 0 Å². The molecule has 0 fully saturated rings. The number of likely N-dealkylation sites (N-methyl/N-ethyl adjacent to an activating group) is 1. The first-order valence-electron chi connectivity index (χ1n) is 12.9. The van der Waals surface area contributed by atoms with Gasteiger partial charge in [-0.1, -0.05) is 26.0 Å². The van der Waals surface area contributed by atoms with Gasteiger partial charge in [-0.3, -0.25) is 9.59 Å². The molecule has 0 atom stereocenters. The van der Waals surface area contributed by atoms with E-state index in [0.717, 1.165) is 19.6 Å². The van der Waals surface area contributed by atoms with Gasteiger partial charge in [0.1, 0.15) is 5.82 Å². The number of aromatic nitrogens is 1. The van der Waals surface area contributed by atoms with Crippen molar-refractivity contribution in [2.45, 2.75) is 38.3 Å². The van der Waals surface area contributed by atoms with E-state index >= 15 is 0 Å². The minimum Gasteiger partial charge on any atom is -0.358 e. The molecule has 1 aromatic heterocycles. The third kappa shape index (κ3) is 6.12. The van der Waals surface area contributed by atoms with E-state index in [1.165, 1.54) is 36.4 Å². The van der Waals surface area contributed by atoms with Crippen LogP contribution in [0.1, 0.15) is 52.3 Å². The molecule has 0 unspecified atom stereocenters. The molecule has 1 aliphatic rings. The van der Waals surface area contributed by atoms with E-state index in [-0.39, 0.29) is 22.5 Å². The fourth-order valence-corrected chi connectivity index (χ4v) is 6.12. The second-order valence-electron chi connectivity index (χ2n) is 9.55. The summed E-state index contributed by atoms with van der Waals surface area (Å²) in [6.07, 6.45) is 1.65. The number of sulfone groups is 1. The minimum atomic E-state index is -3.76. The summed E-state index contributed by atoms with van der Waals surface area (Å²) < 4.78 is 39.4. The molecule has 2 heterocycles. The number of H-pyrrole nitrogens is 1. The molecule has 3 N–H and O–H groups in total. The van der Waals surface area contributed by atoms with Crippen molar-refractivity contribution in [2.75, 3.05) is 31.5 Å². The normalized spacial score (nSPS) is 14.1. The molecule has 0 bridgehead atoms. The van der Waals surface area contributed by atoms with E-state index in [1.807, 2.05) is 6.92 Å². The number of carbonyl (C=O) groups excluding carboxylic acids is 2. The zero-order chi connectivity index (χ0) is 28.3. The zero-order valence-electron chi connectivity index (χ0n) is 22.5. The van der Waals surface area contributed by atoms with Crippen molar-refractivity contribution < 1.29 is 22.4 Å². The van der Waals surface area contributed by atoms with Crippen LogP contribution in [0, 0.1) is 19.7 Å². The van der Waals surface area contributed by atoms with Crippen LogP contribution in [-0.2, 0) is 20.4 Å². The third-order valence-corrected chi connectivity index (χ3v) is 8.69. The van der Waals surface area contributed by atoms with Crippen LogP contribution in [0.2, 0.25) is 0 Å². The lowest BCUT2D eigenvalue weighted by Crippen LogP contribution is -2.35. The van der Waals surface area contributed by atoms with Crippen molar-refractivity contribution in [3.05, 3.63) is 81.9 Å². The molecule has 2 aromatic carbocycles. The van der Waals surface area contributed by atoms with Gasteiger partial charge in [0.15, 0.2) is 9.84 Å². The number of carbonyl (C=O) groups is 2. The number of hydrogen-bond donors (Lipinski definition) is 3. The van der Waals surface area contributed by atoms with Crippen LogP contribution in [-0.4, -0.2) is 56.3 Å². The molecule has 4 rings (SSSR count). The molecule has 2 amide bonds. The van der Waals surface area contributed by atoms with Crippen LogP contribution in [0.5, 0.6) is 0 Å². The van der Waals surface area contributed by atoms with Gasteiger partial charge in [0.2, 0.25) is 0 Å². The fraction of sp³-hybridized carbons (Fsp3) is 0.310. The highest BCUT2D eigenvalue weighted by Gasteiger charge is 2.28. The van der Waals surface area contributed by atoms with Gasteiger partial charge >= 0.3 is 0 Å². The van der Waals surface area contributed by atoms with Crippen molar-refractivity contribution in [1.82, 2.24) is 15.2 Å². The lowest BCUT2D eigenvalue weighted by molar-refractivity contribution is -0.110. The highest BCUT2D eigenvalue weighted by molar-refractivity contribution is 7.90. The maximum Gasteiger partial charge on any atom is 0.256 e. The highest BCUT2D eigenvalue weighted by Crippen LogP contribution is 2.36. The Labute approximate surface area is 228 Å². The van der Waals surface area contributed by atoms with Crippen molar-refractivity contribution in [2.24, 2.45) is 0 Å². The first-order valence-corrected chi connectivity index (χ1v) is 14.5. The average molecular weight is 553 g/mol. The number of aromatic amines is 1. The Morgan fingerprint density at radius 3 is 2.44 bits per heavy atom. The van der Waals surface area contributed by atoms with Crippen LogP contribution in [0.3, 0.4) is 0 Å². The summed E-state index contributed by atoms with van der Waals surface area (Å²) in [5, 5.41) is 5.74. The standard InChI is InChI=1S/C29H33FN4O4S/c1-5-34(6-2)14-13-31-29(36)27-18(3)26(32-19(27)4)16-24-23-15-22(11-12-25(23)33-28(24)35)39(37,38)17-20-7-9-21(30)10-8-20/h7-12,15-16,32H,5-6,13-14,17H2,1-4H3,(H,31,36)(H,33,35)/b24-16-. The number of rotatable bonds is 10. The molecule has 206 valence electrons. The van der Waals surface area contributed by atoms with E-state index in [0.29, 0.717) is 51.4 Å². The maximum absolute atomic E-state index is 13.2. The van der Waals surface area contributed by atoms with Crippen LogP contribution in [0.4, 0.5) is 10.1 Å². The van der Waals surface area contributed by atoms with E-state index in [9.17, 15) is 22.4 Å². The molecule has 1 aliphatic heterocycles. The van der Waals surface area contributed by atoms with E-state index in [2.05, 4.69) is 34.4 Å². The number of anilines is 1. The number of nitrogens with zero attached hydrogens (tertiary/aromatic N) is 1. The molecule has 39 heavy (non-hydrogen) atoms.